The van der Waals surface area contributed by atoms with Gasteiger partial charge in [0.2, 0.25) is 11.8 Å². The lowest BCUT2D eigenvalue weighted by Crippen LogP contribution is -2.16. The lowest BCUT2D eigenvalue weighted by molar-refractivity contribution is 0.619. The van der Waals surface area contributed by atoms with Crippen LogP contribution in [0.2, 0.25) is 0 Å². The van der Waals surface area contributed by atoms with Gasteiger partial charge in [-0.05, 0) is 108 Å². The molecule has 56 heavy (non-hydrogen) atoms. The lowest BCUT2D eigenvalue weighted by atomic mass is 9.96. The minimum absolute atomic E-state index is 0.543. The number of aromatic nitrogens is 2. The molecule has 0 saturated heterocycles. The van der Waals surface area contributed by atoms with Gasteiger partial charge in [-0.1, -0.05) is 96.3 Å². The van der Waals surface area contributed by atoms with Crippen LogP contribution in [0.4, 0.5) is 34.1 Å². The van der Waals surface area contributed by atoms with Gasteiger partial charge in [-0.25, -0.2) is 9.97 Å². The Morgan fingerprint density at radius 3 is 1.09 bits per heavy atom. The minimum atomic E-state index is 0.543. The molecule has 0 fully saturated rings. The maximum Gasteiger partial charge on any atom is 0.228 e. The van der Waals surface area contributed by atoms with Crippen molar-refractivity contribution in [3.8, 4) is 22.9 Å². The highest BCUT2D eigenvalue weighted by Crippen LogP contribution is 2.55. The largest absolute Gasteiger partial charge is 0.436 e. The van der Waals surface area contributed by atoms with Gasteiger partial charge < -0.3 is 18.6 Å². The Morgan fingerprint density at radius 1 is 0.375 bits per heavy atom. The average molecular weight is 757 g/mol. The van der Waals surface area contributed by atoms with Crippen molar-refractivity contribution in [2.24, 2.45) is 0 Å². The standard InChI is InChI=1S/C48H28N4O2S2/c1-7-19-41-35(13-1)49-47(53-41)33-27-29(51-37-15-3-9-21-43(37)55-44-22-10-4-16-38(44)51)26-32-31(33)25-30(28-34(32)48-50-36-14-2-8-20-42(36)54-48)52-39-17-5-11-23-45(39)56-46-24-12-6-18-40(46)52/h1-28H. The SMILES string of the molecule is c1ccc2c(c1)Sc1ccccc1N2c1cc(-c2nc3ccccc3o2)c2cc(N3c4ccccc4Sc4ccccc43)cc(-c3nc4ccccc4o3)c2c1. The predicted molar refractivity (Wildman–Crippen MR) is 228 cm³/mol. The van der Waals surface area contributed by atoms with E-state index in [1.807, 2.05) is 48.5 Å². The molecule has 4 heterocycles. The first-order valence-electron chi connectivity index (χ1n) is 18.4. The fourth-order valence-corrected chi connectivity index (χ4v) is 10.1. The normalized spacial score (nSPS) is 13.1. The lowest BCUT2D eigenvalue weighted by Gasteiger charge is -2.34. The van der Waals surface area contributed by atoms with Crippen LogP contribution in [-0.4, -0.2) is 9.97 Å². The maximum absolute atomic E-state index is 6.65. The topological polar surface area (TPSA) is 58.5 Å². The first-order valence-corrected chi connectivity index (χ1v) is 20.0. The Bertz CT molecular complexity index is 2830. The second-order valence-electron chi connectivity index (χ2n) is 13.8. The van der Waals surface area contributed by atoms with E-state index in [0.29, 0.717) is 11.8 Å². The molecule has 8 aromatic carbocycles. The van der Waals surface area contributed by atoms with Crippen molar-refractivity contribution in [2.75, 3.05) is 9.80 Å². The number of hydrogen-bond donors (Lipinski definition) is 0. The van der Waals surface area contributed by atoms with E-state index < -0.39 is 0 Å². The van der Waals surface area contributed by atoms with E-state index in [1.165, 1.54) is 19.6 Å². The molecule has 2 aliphatic heterocycles. The van der Waals surface area contributed by atoms with Crippen molar-refractivity contribution >= 4 is 90.6 Å². The monoisotopic (exact) mass is 756 g/mol. The number of oxazole rings is 2. The maximum atomic E-state index is 6.65. The van der Waals surface area contributed by atoms with Gasteiger partial charge >= 0.3 is 0 Å². The third kappa shape index (κ3) is 4.93. The summed E-state index contributed by atoms with van der Waals surface area (Å²) in [7, 11) is 0. The third-order valence-electron chi connectivity index (χ3n) is 10.5. The molecule has 0 unspecified atom stereocenters. The summed E-state index contributed by atoms with van der Waals surface area (Å²) in [6, 6.07) is 59.2. The summed E-state index contributed by atoms with van der Waals surface area (Å²) >= 11 is 3.58. The van der Waals surface area contributed by atoms with Crippen LogP contribution in [0, 0.1) is 0 Å². The summed E-state index contributed by atoms with van der Waals surface area (Å²) in [4.78, 5) is 19.7. The van der Waals surface area contributed by atoms with Gasteiger partial charge in [-0.3, -0.25) is 0 Å². The van der Waals surface area contributed by atoms with E-state index >= 15 is 0 Å². The number of hydrogen-bond acceptors (Lipinski definition) is 8. The first kappa shape index (κ1) is 31.6. The number of rotatable bonds is 4. The molecule has 6 nitrogen and oxygen atoms in total. The Balaban J connectivity index is 1.21. The summed E-state index contributed by atoms with van der Waals surface area (Å²) in [6.07, 6.45) is 0. The van der Waals surface area contributed by atoms with Crippen LogP contribution in [-0.2, 0) is 0 Å². The Hall–Kier alpha value is -6.74. The quantitative estimate of drug-likeness (QED) is 0.176. The second kappa shape index (κ2) is 12.4. The predicted octanol–water partition coefficient (Wildman–Crippen LogP) is 14.3. The molecular weight excluding hydrogens is 729 g/mol. The molecule has 264 valence electrons. The molecule has 0 radical (unpaired) electrons. The van der Waals surface area contributed by atoms with E-state index in [2.05, 4.69) is 131 Å². The third-order valence-corrected chi connectivity index (χ3v) is 12.7. The number of nitrogens with zero attached hydrogens (tertiary/aromatic N) is 4. The van der Waals surface area contributed by atoms with E-state index in [-0.39, 0.29) is 0 Å². The van der Waals surface area contributed by atoms with E-state index in [9.17, 15) is 0 Å². The van der Waals surface area contributed by atoms with Gasteiger partial charge in [-0.2, -0.15) is 0 Å². The summed E-state index contributed by atoms with van der Waals surface area (Å²) in [5, 5.41) is 1.94. The summed E-state index contributed by atoms with van der Waals surface area (Å²) in [6.45, 7) is 0. The molecular formula is C48H28N4O2S2. The molecule has 0 atom stereocenters. The van der Waals surface area contributed by atoms with Crippen LogP contribution in [0.25, 0.3) is 55.9 Å². The van der Waals surface area contributed by atoms with Gasteiger partial charge in [0.25, 0.3) is 0 Å². The molecule has 12 rings (SSSR count). The van der Waals surface area contributed by atoms with Crippen molar-refractivity contribution in [3.63, 3.8) is 0 Å². The second-order valence-corrected chi connectivity index (χ2v) is 16.0. The molecule has 0 N–H and O–H groups in total. The minimum Gasteiger partial charge on any atom is -0.436 e. The van der Waals surface area contributed by atoms with Crippen molar-refractivity contribution in [2.45, 2.75) is 19.6 Å². The molecule has 0 aliphatic carbocycles. The first-order chi connectivity index (χ1) is 27.7. The van der Waals surface area contributed by atoms with Crippen molar-refractivity contribution in [3.05, 3.63) is 170 Å². The van der Waals surface area contributed by atoms with Gasteiger partial charge in [-0.15, -0.1) is 0 Å². The molecule has 10 aromatic rings. The van der Waals surface area contributed by atoms with Crippen molar-refractivity contribution in [1.82, 2.24) is 9.97 Å². The summed E-state index contributed by atoms with van der Waals surface area (Å²) in [5.41, 5.74) is 11.2. The zero-order valence-electron chi connectivity index (χ0n) is 29.6. The van der Waals surface area contributed by atoms with E-state index in [4.69, 9.17) is 18.8 Å². The Morgan fingerprint density at radius 2 is 0.714 bits per heavy atom. The van der Waals surface area contributed by atoms with Crippen LogP contribution >= 0.6 is 23.5 Å². The molecule has 8 heteroatoms. The fourth-order valence-electron chi connectivity index (χ4n) is 7.98. The Kier molecular flexibility index (Phi) is 6.99. The highest BCUT2D eigenvalue weighted by atomic mass is 32.2. The van der Waals surface area contributed by atoms with Crippen molar-refractivity contribution in [1.29, 1.82) is 0 Å². The van der Waals surface area contributed by atoms with Gasteiger partial charge in [0, 0.05) is 42.1 Å². The van der Waals surface area contributed by atoms with Gasteiger partial charge in [0.05, 0.1) is 22.7 Å². The Labute approximate surface area is 330 Å². The molecule has 0 spiro atoms. The molecule has 2 aliphatic rings. The zero-order chi connectivity index (χ0) is 36.7. The average Bonchev–Trinajstić information content (AvgIpc) is 3.89. The molecule has 2 aromatic heterocycles. The molecule has 0 amide bonds. The zero-order valence-corrected chi connectivity index (χ0v) is 31.2. The van der Waals surface area contributed by atoms with Crippen LogP contribution in [0.5, 0.6) is 0 Å². The van der Waals surface area contributed by atoms with Crippen LogP contribution < -0.4 is 9.80 Å². The summed E-state index contributed by atoms with van der Waals surface area (Å²) < 4.78 is 13.3. The molecule has 0 bridgehead atoms. The van der Waals surface area contributed by atoms with E-state index in [0.717, 1.165) is 78.2 Å². The summed E-state index contributed by atoms with van der Waals surface area (Å²) in [5.74, 6) is 1.09. The van der Waals surface area contributed by atoms with Crippen LogP contribution in [0.1, 0.15) is 0 Å². The number of benzene rings is 8. The molecule has 0 saturated carbocycles. The highest BCUT2D eigenvalue weighted by molar-refractivity contribution is 8.00. The number of para-hydroxylation sites is 8. The van der Waals surface area contributed by atoms with Gasteiger partial charge in [0.1, 0.15) is 11.0 Å². The highest BCUT2D eigenvalue weighted by Gasteiger charge is 2.30. The number of anilines is 6. The van der Waals surface area contributed by atoms with Crippen LogP contribution in [0.15, 0.2) is 198 Å². The van der Waals surface area contributed by atoms with E-state index in [1.54, 1.807) is 23.5 Å². The van der Waals surface area contributed by atoms with Gasteiger partial charge in [0.15, 0.2) is 11.2 Å². The number of fused-ring (bicyclic) bond motifs is 7. The van der Waals surface area contributed by atoms with Crippen molar-refractivity contribution < 1.29 is 8.83 Å². The fraction of sp³-hybridized carbons (Fsp3) is 0. The smallest absolute Gasteiger partial charge is 0.228 e. The van der Waals surface area contributed by atoms with Crippen LogP contribution in [0.3, 0.4) is 0 Å².